The van der Waals surface area contributed by atoms with Crippen molar-refractivity contribution in [1.82, 2.24) is 9.88 Å². The lowest BCUT2D eigenvalue weighted by Crippen LogP contribution is -2.42. The van der Waals surface area contributed by atoms with E-state index in [4.69, 9.17) is 4.74 Å². The number of aliphatic carboxylic acids is 1. The van der Waals surface area contributed by atoms with Gasteiger partial charge in [-0.1, -0.05) is 17.9 Å². The summed E-state index contributed by atoms with van der Waals surface area (Å²) in [5.74, 6) is 6.64. The maximum atomic E-state index is 11.7. The van der Waals surface area contributed by atoms with Gasteiger partial charge in [0.15, 0.2) is 0 Å². The van der Waals surface area contributed by atoms with Crippen molar-refractivity contribution in [1.29, 1.82) is 0 Å². The van der Waals surface area contributed by atoms with E-state index in [9.17, 15) is 9.90 Å². The summed E-state index contributed by atoms with van der Waals surface area (Å²) in [5, 5.41) is 9.59. The number of pyridine rings is 1. The molecule has 0 bridgehead atoms. The van der Waals surface area contributed by atoms with Gasteiger partial charge in [0, 0.05) is 48.4 Å². The Bertz CT molecular complexity index is 1130. The molecule has 1 spiro atoms. The molecular weight excluding hydrogens is 412 g/mol. The maximum absolute atomic E-state index is 11.7. The van der Waals surface area contributed by atoms with Crippen molar-refractivity contribution in [3.8, 4) is 17.7 Å². The highest BCUT2D eigenvalue weighted by molar-refractivity contribution is 5.78. The molecule has 0 amide bonds. The van der Waals surface area contributed by atoms with Gasteiger partial charge in [0.2, 0.25) is 5.88 Å². The number of carbonyl (C=O) groups is 1. The van der Waals surface area contributed by atoms with Crippen LogP contribution < -0.4 is 4.74 Å². The number of hydrogen-bond donors (Lipinski definition) is 1. The van der Waals surface area contributed by atoms with Gasteiger partial charge in [0.25, 0.3) is 0 Å². The molecule has 2 heterocycles. The molecule has 1 N–H and O–H groups in total. The molecule has 0 radical (unpaired) electrons. The number of ether oxygens (including phenoxy) is 1. The Kier molecular flexibility index (Phi) is 4.96. The van der Waals surface area contributed by atoms with Crippen molar-refractivity contribution < 1.29 is 14.6 Å². The summed E-state index contributed by atoms with van der Waals surface area (Å²) in [6, 6.07) is 10.5. The Morgan fingerprint density at radius 3 is 2.52 bits per heavy atom. The smallest absolute Gasteiger partial charge is 0.310 e. The van der Waals surface area contributed by atoms with Gasteiger partial charge in [-0.15, -0.1) is 0 Å². The molecule has 3 fully saturated rings. The third-order valence-electron chi connectivity index (χ3n) is 7.97. The molecule has 0 unspecified atom stereocenters. The predicted molar refractivity (Wildman–Crippen MR) is 125 cm³/mol. The van der Waals surface area contributed by atoms with Crippen LogP contribution in [0.2, 0.25) is 0 Å². The van der Waals surface area contributed by atoms with Gasteiger partial charge in [0.1, 0.15) is 6.10 Å². The molecule has 170 valence electrons. The topological polar surface area (TPSA) is 62.7 Å². The van der Waals surface area contributed by atoms with E-state index >= 15 is 0 Å². The van der Waals surface area contributed by atoms with Gasteiger partial charge < -0.3 is 9.84 Å². The van der Waals surface area contributed by atoms with Crippen molar-refractivity contribution in [3.63, 3.8) is 0 Å². The number of carboxylic acid groups (broad SMARTS) is 1. The first-order chi connectivity index (χ1) is 16.0. The van der Waals surface area contributed by atoms with E-state index in [1.165, 1.54) is 36.8 Å². The van der Waals surface area contributed by atoms with Crippen LogP contribution in [0.25, 0.3) is 0 Å². The number of nitrogens with zero attached hydrogens (tertiary/aromatic N) is 2. The number of aromatic nitrogens is 1. The van der Waals surface area contributed by atoms with E-state index in [1.54, 1.807) is 6.20 Å². The van der Waals surface area contributed by atoms with E-state index in [0.717, 1.165) is 49.9 Å². The SMILES string of the molecule is O=C(O)C1(CN2Cc3ccc(C#Cc4ccc(OC5CCCC5)nc4)cc3C3(CC3)C2)CC1. The molecule has 5 heteroatoms. The minimum absolute atomic E-state index is 0.195. The predicted octanol–water partition coefficient (Wildman–Crippen LogP) is 4.51. The molecular formula is C28H30N2O3. The van der Waals surface area contributed by atoms with Gasteiger partial charge in [-0.3, -0.25) is 9.69 Å². The Morgan fingerprint density at radius 2 is 1.85 bits per heavy atom. The number of benzene rings is 1. The highest BCUT2D eigenvalue weighted by Gasteiger charge is 2.54. The van der Waals surface area contributed by atoms with Gasteiger partial charge in [-0.05, 0) is 80.7 Å². The Balaban J connectivity index is 1.16. The zero-order chi connectivity index (χ0) is 22.5. The van der Waals surface area contributed by atoms with Crippen molar-refractivity contribution >= 4 is 5.97 Å². The zero-order valence-electron chi connectivity index (χ0n) is 19.0. The second-order valence-electron chi connectivity index (χ2n) is 10.5. The second kappa shape index (κ2) is 7.88. The van der Waals surface area contributed by atoms with Crippen molar-refractivity contribution in [3.05, 3.63) is 58.8 Å². The average Bonchev–Trinajstić information content (AvgIpc) is 3.72. The fourth-order valence-electron chi connectivity index (χ4n) is 5.65. The fraction of sp³-hybridized carbons (Fsp3) is 0.500. The average molecular weight is 443 g/mol. The normalized spacial score (nSPS) is 22.3. The van der Waals surface area contributed by atoms with Crippen LogP contribution >= 0.6 is 0 Å². The van der Waals surface area contributed by atoms with Gasteiger partial charge in [0.05, 0.1) is 5.41 Å². The van der Waals surface area contributed by atoms with Crippen LogP contribution in [-0.2, 0) is 16.8 Å². The van der Waals surface area contributed by atoms with Crippen LogP contribution in [0, 0.1) is 17.3 Å². The standard InChI is InChI=1S/C28H30N2O3/c31-26(32)28(13-14-28)19-30-17-22-9-7-20(15-24(22)27(18-30)11-12-27)5-6-21-8-10-25(29-16-21)33-23-3-1-2-4-23/h7-10,15-16,23H,1-4,11-14,17-19H2,(H,31,32). The van der Waals surface area contributed by atoms with Crippen LogP contribution in [0.5, 0.6) is 5.88 Å². The summed E-state index contributed by atoms with van der Waals surface area (Å²) >= 11 is 0. The first kappa shape index (κ1) is 20.7. The fourth-order valence-corrected chi connectivity index (χ4v) is 5.65. The van der Waals surface area contributed by atoms with Crippen molar-refractivity contribution in [2.24, 2.45) is 5.41 Å². The molecule has 5 nitrogen and oxygen atoms in total. The molecule has 3 saturated carbocycles. The van der Waals surface area contributed by atoms with Crippen LogP contribution in [0.15, 0.2) is 36.5 Å². The molecule has 0 saturated heterocycles. The van der Waals surface area contributed by atoms with Gasteiger partial charge in [-0.2, -0.15) is 0 Å². The number of rotatable bonds is 5. The van der Waals surface area contributed by atoms with Crippen LogP contribution in [0.4, 0.5) is 0 Å². The summed E-state index contributed by atoms with van der Waals surface area (Å²) < 4.78 is 5.95. The highest BCUT2D eigenvalue weighted by Crippen LogP contribution is 2.54. The summed E-state index contributed by atoms with van der Waals surface area (Å²) in [6.07, 6.45) is 10.9. The Morgan fingerprint density at radius 1 is 1.09 bits per heavy atom. The quantitative estimate of drug-likeness (QED) is 0.690. The third kappa shape index (κ3) is 4.13. The summed E-state index contributed by atoms with van der Waals surface area (Å²) in [5.41, 5.74) is 4.38. The lowest BCUT2D eigenvalue weighted by molar-refractivity contribution is -0.144. The molecule has 4 aliphatic rings. The lowest BCUT2D eigenvalue weighted by Gasteiger charge is -2.36. The van der Waals surface area contributed by atoms with E-state index in [-0.39, 0.29) is 5.41 Å². The first-order valence-corrected chi connectivity index (χ1v) is 12.3. The molecule has 1 aromatic carbocycles. The lowest BCUT2D eigenvalue weighted by atomic mass is 9.85. The zero-order valence-corrected chi connectivity index (χ0v) is 19.0. The van der Waals surface area contributed by atoms with Crippen molar-refractivity contribution in [2.75, 3.05) is 13.1 Å². The van der Waals surface area contributed by atoms with Crippen LogP contribution in [0.1, 0.15) is 73.6 Å². The molecule has 6 rings (SSSR count). The summed E-state index contributed by atoms with van der Waals surface area (Å²) in [7, 11) is 0. The van der Waals surface area contributed by atoms with Crippen LogP contribution in [-0.4, -0.2) is 40.2 Å². The molecule has 2 aromatic rings. The molecule has 1 aliphatic heterocycles. The molecule has 1 aromatic heterocycles. The summed E-state index contributed by atoms with van der Waals surface area (Å²) in [6.45, 7) is 2.49. The van der Waals surface area contributed by atoms with E-state index in [1.807, 2.05) is 12.1 Å². The number of fused-ring (bicyclic) bond motifs is 2. The number of carboxylic acids is 1. The van der Waals surface area contributed by atoms with Crippen molar-refractivity contribution in [2.45, 2.75) is 69.4 Å². The number of hydrogen-bond acceptors (Lipinski definition) is 4. The molecule has 0 atom stereocenters. The van der Waals surface area contributed by atoms with Gasteiger partial charge >= 0.3 is 5.97 Å². The highest BCUT2D eigenvalue weighted by atomic mass is 16.5. The second-order valence-corrected chi connectivity index (χ2v) is 10.5. The Labute approximate surface area is 195 Å². The first-order valence-electron chi connectivity index (χ1n) is 12.3. The minimum atomic E-state index is -0.628. The third-order valence-corrected chi connectivity index (χ3v) is 7.97. The van der Waals surface area contributed by atoms with Gasteiger partial charge in [-0.25, -0.2) is 4.98 Å². The summed E-state index contributed by atoms with van der Waals surface area (Å²) in [4.78, 5) is 18.5. The van der Waals surface area contributed by atoms with Crippen LogP contribution in [0.3, 0.4) is 0 Å². The maximum Gasteiger partial charge on any atom is 0.310 e. The Hall–Kier alpha value is -2.84. The monoisotopic (exact) mass is 442 g/mol. The van der Waals surface area contributed by atoms with E-state index < -0.39 is 11.4 Å². The molecule has 3 aliphatic carbocycles. The minimum Gasteiger partial charge on any atom is -0.481 e. The van der Waals surface area contributed by atoms with E-state index in [2.05, 4.69) is 39.9 Å². The van der Waals surface area contributed by atoms with E-state index in [0.29, 0.717) is 18.5 Å². The largest absolute Gasteiger partial charge is 0.481 e. The molecule has 33 heavy (non-hydrogen) atoms.